The fourth-order valence-corrected chi connectivity index (χ4v) is 3.98. The average Bonchev–Trinajstić information content (AvgIpc) is 3.13. The summed E-state index contributed by atoms with van der Waals surface area (Å²) in [6.07, 6.45) is 0.594. The van der Waals surface area contributed by atoms with Gasteiger partial charge in [0.25, 0.3) is 11.8 Å². The van der Waals surface area contributed by atoms with Gasteiger partial charge in [-0.15, -0.1) is 0 Å². The van der Waals surface area contributed by atoms with Crippen LogP contribution in [0.1, 0.15) is 74.7 Å². The molecule has 2 amide bonds. The van der Waals surface area contributed by atoms with Gasteiger partial charge in [-0.3, -0.25) is 9.59 Å². The number of carbonyl (C=O) groups is 3. The number of benzene rings is 1. The van der Waals surface area contributed by atoms with Crippen molar-refractivity contribution in [1.29, 1.82) is 0 Å². The zero-order valence-corrected chi connectivity index (χ0v) is 18.9. The molecule has 1 aromatic carbocycles. The van der Waals surface area contributed by atoms with Crippen LogP contribution >= 0.6 is 0 Å². The van der Waals surface area contributed by atoms with Crippen molar-refractivity contribution in [3.05, 3.63) is 57.9 Å². The SMILES string of the molecule is CCc1[nH]c(C(=O)N2CCN(C(=O)c3ccc(C(C)C)cc3)CC2)c(C)c1C(=O)OC. The van der Waals surface area contributed by atoms with Crippen LogP contribution in [0.4, 0.5) is 0 Å². The molecule has 166 valence electrons. The van der Waals surface area contributed by atoms with Crippen LogP contribution < -0.4 is 0 Å². The van der Waals surface area contributed by atoms with Gasteiger partial charge in [0.15, 0.2) is 0 Å². The summed E-state index contributed by atoms with van der Waals surface area (Å²) in [6, 6.07) is 7.74. The quantitative estimate of drug-likeness (QED) is 0.745. The van der Waals surface area contributed by atoms with Gasteiger partial charge in [0, 0.05) is 37.4 Å². The van der Waals surface area contributed by atoms with Crippen LogP contribution in [0.5, 0.6) is 0 Å². The molecule has 7 nitrogen and oxygen atoms in total. The molecule has 1 N–H and O–H groups in total. The maximum atomic E-state index is 13.1. The Morgan fingerprint density at radius 1 is 1.00 bits per heavy atom. The Hall–Kier alpha value is -3.09. The molecule has 1 aliphatic heterocycles. The summed E-state index contributed by atoms with van der Waals surface area (Å²) in [5, 5.41) is 0. The Morgan fingerprint density at radius 3 is 2.03 bits per heavy atom. The number of aryl methyl sites for hydroxylation is 1. The number of aromatic nitrogens is 1. The van der Waals surface area contributed by atoms with Gasteiger partial charge >= 0.3 is 5.97 Å². The smallest absolute Gasteiger partial charge is 0.339 e. The van der Waals surface area contributed by atoms with Crippen LogP contribution in [0.15, 0.2) is 24.3 Å². The summed E-state index contributed by atoms with van der Waals surface area (Å²) in [6.45, 7) is 9.76. The van der Waals surface area contributed by atoms with Gasteiger partial charge in [0.05, 0.1) is 12.7 Å². The number of hydrogen-bond donors (Lipinski definition) is 1. The first-order valence-corrected chi connectivity index (χ1v) is 10.8. The summed E-state index contributed by atoms with van der Waals surface area (Å²) in [5.74, 6) is -0.193. The van der Waals surface area contributed by atoms with E-state index in [1.165, 1.54) is 12.7 Å². The van der Waals surface area contributed by atoms with Gasteiger partial charge in [0.2, 0.25) is 0 Å². The number of H-pyrrole nitrogens is 1. The minimum atomic E-state index is -0.441. The second-order valence-corrected chi connectivity index (χ2v) is 8.18. The Kier molecular flexibility index (Phi) is 6.83. The van der Waals surface area contributed by atoms with Gasteiger partial charge in [0.1, 0.15) is 5.69 Å². The first kappa shape index (κ1) is 22.6. The van der Waals surface area contributed by atoms with Crippen LogP contribution in [0, 0.1) is 6.92 Å². The Bertz CT molecular complexity index is 967. The molecule has 31 heavy (non-hydrogen) atoms. The molecule has 0 bridgehead atoms. The Balaban J connectivity index is 1.68. The molecule has 1 saturated heterocycles. The average molecular weight is 426 g/mol. The molecule has 0 unspecified atom stereocenters. The molecule has 0 saturated carbocycles. The van der Waals surface area contributed by atoms with Crippen LogP contribution in [-0.2, 0) is 11.2 Å². The molecule has 0 aliphatic carbocycles. The summed E-state index contributed by atoms with van der Waals surface area (Å²) >= 11 is 0. The third-order valence-electron chi connectivity index (χ3n) is 5.96. The van der Waals surface area contributed by atoms with E-state index in [4.69, 9.17) is 4.74 Å². The second-order valence-electron chi connectivity index (χ2n) is 8.18. The summed E-state index contributed by atoms with van der Waals surface area (Å²) in [4.78, 5) is 44.7. The summed E-state index contributed by atoms with van der Waals surface area (Å²) < 4.78 is 4.87. The lowest BCUT2D eigenvalue weighted by atomic mass is 10.0. The van der Waals surface area contributed by atoms with E-state index in [2.05, 4.69) is 18.8 Å². The van der Waals surface area contributed by atoms with E-state index in [-0.39, 0.29) is 11.8 Å². The van der Waals surface area contributed by atoms with E-state index < -0.39 is 5.97 Å². The highest BCUT2D eigenvalue weighted by molar-refractivity contribution is 6.01. The lowest BCUT2D eigenvalue weighted by molar-refractivity contribution is 0.0532. The molecule has 1 aliphatic rings. The van der Waals surface area contributed by atoms with Crippen LogP contribution in [0.3, 0.4) is 0 Å². The van der Waals surface area contributed by atoms with E-state index in [0.29, 0.717) is 66.6 Å². The highest BCUT2D eigenvalue weighted by Crippen LogP contribution is 2.22. The molecule has 0 atom stereocenters. The second kappa shape index (κ2) is 9.37. The fourth-order valence-electron chi connectivity index (χ4n) is 3.98. The highest BCUT2D eigenvalue weighted by Gasteiger charge is 2.30. The van der Waals surface area contributed by atoms with Crippen molar-refractivity contribution in [2.24, 2.45) is 0 Å². The number of piperazine rings is 1. The summed E-state index contributed by atoms with van der Waals surface area (Å²) in [7, 11) is 1.34. The van der Waals surface area contributed by atoms with Crippen molar-refractivity contribution in [3.63, 3.8) is 0 Å². The Labute approximate surface area is 183 Å². The number of ether oxygens (including phenoxy) is 1. The first-order valence-electron chi connectivity index (χ1n) is 10.8. The van der Waals surface area contributed by atoms with Crippen molar-refractivity contribution in [2.75, 3.05) is 33.3 Å². The summed E-state index contributed by atoms with van der Waals surface area (Å²) in [5.41, 5.74) is 4.03. The molecule has 0 spiro atoms. The standard InChI is InChI=1S/C24H31N3O4/c1-6-19-20(24(30)31-5)16(4)21(25-19)23(29)27-13-11-26(12-14-27)22(28)18-9-7-17(8-10-18)15(2)3/h7-10,15,25H,6,11-14H2,1-5H3. The van der Waals surface area contributed by atoms with Gasteiger partial charge < -0.3 is 19.5 Å². The molecule has 1 aromatic heterocycles. The third-order valence-corrected chi connectivity index (χ3v) is 5.96. The van der Waals surface area contributed by atoms with Crippen molar-refractivity contribution >= 4 is 17.8 Å². The van der Waals surface area contributed by atoms with Crippen LogP contribution in [-0.4, -0.2) is 65.9 Å². The molecule has 0 radical (unpaired) electrons. The zero-order chi connectivity index (χ0) is 22.7. The predicted octanol–water partition coefficient (Wildman–Crippen LogP) is 3.39. The number of nitrogens with zero attached hydrogens (tertiary/aromatic N) is 2. The largest absolute Gasteiger partial charge is 0.465 e. The van der Waals surface area contributed by atoms with Crippen LogP contribution in [0.25, 0.3) is 0 Å². The third kappa shape index (κ3) is 4.50. The molecule has 1 fully saturated rings. The fraction of sp³-hybridized carbons (Fsp3) is 0.458. The van der Waals surface area contributed by atoms with Gasteiger partial charge in [-0.25, -0.2) is 4.79 Å². The molecule has 7 heteroatoms. The molecule has 2 heterocycles. The number of carbonyl (C=O) groups excluding carboxylic acids is 3. The number of rotatable bonds is 5. The number of esters is 1. The van der Waals surface area contributed by atoms with Crippen molar-refractivity contribution in [1.82, 2.24) is 14.8 Å². The number of hydrogen-bond acceptors (Lipinski definition) is 4. The minimum absolute atomic E-state index is 0.0142. The van der Waals surface area contributed by atoms with E-state index in [1.807, 2.05) is 31.2 Å². The van der Waals surface area contributed by atoms with E-state index >= 15 is 0 Å². The van der Waals surface area contributed by atoms with Gasteiger partial charge in [-0.2, -0.15) is 0 Å². The van der Waals surface area contributed by atoms with E-state index in [9.17, 15) is 14.4 Å². The van der Waals surface area contributed by atoms with E-state index in [1.54, 1.807) is 16.7 Å². The predicted molar refractivity (Wildman–Crippen MR) is 119 cm³/mol. The van der Waals surface area contributed by atoms with Crippen molar-refractivity contribution < 1.29 is 19.1 Å². The monoisotopic (exact) mass is 425 g/mol. The number of nitrogens with one attached hydrogen (secondary N) is 1. The zero-order valence-electron chi connectivity index (χ0n) is 18.9. The van der Waals surface area contributed by atoms with Crippen LogP contribution in [0.2, 0.25) is 0 Å². The molecule has 3 rings (SSSR count). The number of amides is 2. The molecular formula is C24H31N3O4. The molecular weight excluding hydrogens is 394 g/mol. The Morgan fingerprint density at radius 2 is 1.55 bits per heavy atom. The van der Waals surface area contributed by atoms with E-state index in [0.717, 1.165) is 0 Å². The number of methoxy groups -OCH3 is 1. The first-order chi connectivity index (χ1) is 14.8. The van der Waals surface area contributed by atoms with Crippen molar-refractivity contribution in [2.45, 2.75) is 40.0 Å². The van der Waals surface area contributed by atoms with Gasteiger partial charge in [-0.05, 0) is 42.5 Å². The highest BCUT2D eigenvalue weighted by atomic mass is 16.5. The maximum absolute atomic E-state index is 13.1. The molecule has 2 aromatic rings. The van der Waals surface area contributed by atoms with Gasteiger partial charge in [-0.1, -0.05) is 32.9 Å². The lowest BCUT2D eigenvalue weighted by Crippen LogP contribution is -2.50. The lowest BCUT2D eigenvalue weighted by Gasteiger charge is -2.34. The minimum Gasteiger partial charge on any atom is -0.465 e. The maximum Gasteiger partial charge on any atom is 0.339 e. The topological polar surface area (TPSA) is 82.7 Å². The van der Waals surface area contributed by atoms with Crippen molar-refractivity contribution in [3.8, 4) is 0 Å². The number of aromatic amines is 1. The normalized spacial score (nSPS) is 14.1.